The first-order chi connectivity index (χ1) is 6.50. The average Bonchev–Trinajstić information content (AvgIpc) is 2.42. The number of fused-ring (bicyclic) bond motifs is 1. The van der Waals surface area contributed by atoms with Crippen LogP contribution >= 0.6 is 0 Å². The summed E-state index contributed by atoms with van der Waals surface area (Å²) in [6.07, 6.45) is 2.57. The number of aryl methyl sites for hydroxylation is 1. The molecule has 0 aromatic heterocycles. The van der Waals surface area contributed by atoms with Crippen molar-refractivity contribution in [2.75, 3.05) is 0 Å². The zero-order chi connectivity index (χ0) is 10.3. The Morgan fingerprint density at radius 3 is 2.57 bits per heavy atom. The first kappa shape index (κ1) is 9.76. The molecule has 0 heteroatoms. The van der Waals surface area contributed by atoms with E-state index < -0.39 is 0 Å². The van der Waals surface area contributed by atoms with Crippen molar-refractivity contribution in [1.82, 2.24) is 0 Å². The summed E-state index contributed by atoms with van der Waals surface area (Å²) in [4.78, 5) is 0. The molecule has 0 saturated heterocycles. The van der Waals surface area contributed by atoms with Crippen molar-refractivity contribution >= 4 is 0 Å². The third-order valence-electron chi connectivity index (χ3n) is 3.55. The summed E-state index contributed by atoms with van der Waals surface area (Å²) in [5.74, 6) is 0.650. The minimum Gasteiger partial charge on any atom is -0.0587 e. The second-order valence-electron chi connectivity index (χ2n) is 5.46. The highest BCUT2D eigenvalue weighted by atomic mass is 14.3. The van der Waals surface area contributed by atoms with Gasteiger partial charge in [0, 0.05) is 0 Å². The van der Waals surface area contributed by atoms with Crippen LogP contribution in [-0.4, -0.2) is 0 Å². The maximum Gasteiger partial charge on any atom is -0.00976 e. The van der Waals surface area contributed by atoms with Crippen LogP contribution in [0.3, 0.4) is 0 Å². The Labute approximate surface area is 87.3 Å². The van der Waals surface area contributed by atoms with E-state index in [2.05, 4.69) is 45.9 Å². The predicted octanol–water partition coefficient (Wildman–Crippen LogP) is 4.03. The van der Waals surface area contributed by atoms with Crippen molar-refractivity contribution in [2.45, 2.75) is 51.9 Å². The van der Waals surface area contributed by atoms with Crippen LogP contribution in [-0.2, 0) is 11.8 Å². The van der Waals surface area contributed by atoms with E-state index in [9.17, 15) is 0 Å². The molecule has 0 radical (unpaired) electrons. The van der Waals surface area contributed by atoms with E-state index in [1.807, 2.05) is 0 Å². The predicted molar refractivity (Wildman–Crippen MR) is 61.9 cm³/mol. The van der Waals surface area contributed by atoms with Gasteiger partial charge < -0.3 is 0 Å². The maximum atomic E-state index is 2.42. The molecule has 1 aliphatic carbocycles. The van der Waals surface area contributed by atoms with Crippen molar-refractivity contribution in [2.24, 2.45) is 0 Å². The molecule has 1 aliphatic rings. The lowest BCUT2D eigenvalue weighted by Crippen LogP contribution is -2.12. The first-order valence-corrected chi connectivity index (χ1v) is 5.64. The van der Waals surface area contributed by atoms with Gasteiger partial charge in [-0.15, -0.1) is 0 Å². The van der Waals surface area contributed by atoms with Crippen LogP contribution in [0.1, 0.15) is 56.7 Å². The lowest BCUT2D eigenvalue weighted by atomic mass is 9.85. The lowest BCUT2D eigenvalue weighted by molar-refractivity contribution is 0.522. The molecule has 0 nitrogen and oxygen atoms in total. The smallest absolute Gasteiger partial charge is 0.00976 e. The molecule has 0 unspecified atom stereocenters. The summed E-state index contributed by atoms with van der Waals surface area (Å²) >= 11 is 0. The largest absolute Gasteiger partial charge is 0.0587 e. The van der Waals surface area contributed by atoms with Gasteiger partial charge >= 0.3 is 0 Å². The standard InChI is InChI=1S/C14H20/c1-10(2)12-6-5-11-7-8-14(3,4)13(11)9-12/h5-6,9-10H,7-8H2,1-4H3. The van der Waals surface area contributed by atoms with E-state index in [4.69, 9.17) is 0 Å². The fourth-order valence-electron chi connectivity index (χ4n) is 2.38. The van der Waals surface area contributed by atoms with Gasteiger partial charge in [-0.2, -0.15) is 0 Å². The van der Waals surface area contributed by atoms with Crippen LogP contribution < -0.4 is 0 Å². The second kappa shape index (κ2) is 3.12. The Morgan fingerprint density at radius 2 is 1.93 bits per heavy atom. The van der Waals surface area contributed by atoms with Crippen LogP contribution in [0.2, 0.25) is 0 Å². The Kier molecular flexibility index (Phi) is 2.17. The zero-order valence-electron chi connectivity index (χ0n) is 9.72. The Hall–Kier alpha value is -0.780. The van der Waals surface area contributed by atoms with E-state index >= 15 is 0 Å². The lowest BCUT2D eigenvalue weighted by Gasteiger charge is -2.20. The summed E-state index contributed by atoms with van der Waals surface area (Å²) < 4.78 is 0. The normalized spacial score (nSPS) is 18.6. The molecule has 0 atom stereocenters. The molecule has 0 fully saturated rings. The minimum absolute atomic E-state index is 0.403. The van der Waals surface area contributed by atoms with Crippen LogP contribution in [0.4, 0.5) is 0 Å². The molecular formula is C14H20. The maximum absolute atomic E-state index is 2.42. The van der Waals surface area contributed by atoms with Crippen molar-refractivity contribution < 1.29 is 0 Å². The molecule has 0 heterocycles. The molecule has 0 amide bonds. The van der Waals surface area contributed by atoms with Gasteiger partial charge in [-0.3, -0.25) is 0 Å². The van der Waals surface area contributed by atoms with Crippen molar-refractivity contribution in [3.63, 3.8) is 0 Å². The summed E-state index contributed by atoms with van der Waals surface area (Å²) in [7, 11) is 0. The summed E-state index contributed by atoms with van der Waals surface area (Å²) in [5, 5.41) is 0. The molecule has 0 spiro atoms. The fourth-order valence-corrected chi connectivity index (χ4v) is 2.38. The van der Waals surface area contributed by atoms with E-state index in [1.165, 1.54) is 18.4 Å². The second-order valence-corrected chi connectivity index (χ2v) is 5.46. The topological polar surface area (TPSA) is 0 Å². The average molecular weight is 188 g/mol. The SMILES string of the molecule is CC(C)c1ccc2c(c1)C(C)(C)CC2. The van der Waals surface area contributed by atoms with Gasteiger partial charge in [0.15, 0.2) is 0 Å². The summed E-state index contributed by atoms with van der Waals surface area (Å²) in [5.41, 5.74) is 5.04. The van der Waals surface area contributed by atoms with Crippen LogP contribution in [0, 0.1) is 0 Å². The van der Waals surface area contributed by atoms with E-state index in [-0.39, 0.29) is 0 Å². The quantitative estimate of drug-likeness (QED) is 0.624. The van der Waals surface area contributed by atoms with E-state index in [1.54, 1.807) is 11.1 Å². The van der Waals surface area contributed by atoms with E-state index in [0.29, 0.717) is 11.3 Å². The highest BCUT2D eigenvalue weighted by Gasteiger charge is 2.29. The molecule has 0 N–H and O–H groups in total. The number of benzene rings is 1. The molecule has 2 rings (SSSR count). The molecule has 1 aromatic carbocycles. The molecule has 1 aromatic rings. The van der Waals surface area contributed by atoms with Crippen LogP contribution in [0.25, 0.3) is 0 Å². The Morgan fingerprint density at radius 1 is 1.21 bits per heavy atom. The zero-order valence-corrected chi connectivity index (χ0v) is 9.72. The molecular weight excluding hydrogens is 168 g/mol. The van der Waals surface area contributed by atoms with Crippen molar-refractivity contribution in [1.29, 1.82) is 0 Å². The molecule has 76 valence electrons. The third-order valence-corrected chi connectivity index (χ3v) is 3.55. The number of hydrogen-bond donors (Lipinski definition) is 0. The van der Waals surface area contributed by atoms with Gasteiger partial charge in [-0.1, -0.05) is 45.9 Å². The molecule has 0 saturated carbocycles. The first-order valence-electron chi connectivity index (χ1n) is 5.64. The van der Waals surface area contributed by atoms with Crippen molar-refractivity contribution in [3.05, 3.63) is 34.9 Å². The van der Waals surface area contributed by atoms with Gasteiger partial charge in [0.2, 0.25) is 0 Å². The third kappa shape index (κ3) is 1.47. The highest BCUT2D eigenvalue weighted by Crippen LogP contribution is 2.39. The molecule has 0 aliphatic heterocycles. The Bertz CT molecular complexity index is 345. The van der Waals surface area contributed by atoms with Gasteiger partial charge in [0.05, 0.1) is 0 Å². The van der Waals surface area contributed by atoms with Gasteiger partial charge in [0.1, 0.15) is 0 Å². The minimum atomic E-state index is 0.403. The van der Waals surface area contributed by atoms with E-state index in [0.717, 1.165) is 0 Å². The summed E-state index contributed by atoms with van der Waals surface area (Å²) in [6.45, 7) is 9.26. The monoisotopic (exact) mass is 188 g/mol. The summed E-state index contributed by atoms with van der Waals surface area (Å²) in [6, 6.07) is 7.05. The highest BCUT2D eigenvalue weighted by molar-refractivity contribution is 5.41. The van der Waals surface area contributed by atoms with Gasteiger partial charge in [-0.05, 0) is 40.9 Å². The van der Waals surface area contributed by atoms with Gasteiger partial charge in [0.25, 0.3) is 0 Å². The van der Waals surface area contributed by atoms with Gasteiger partial charge in [-0.25, -0.2) is 0 Å². The number of hydrogen-bond acceptors (Lipinski definition) is 0. The van der Waals surface area contributed by atoms with Crippen LogP contribution in [0.15, 0.2) is 18.2 Å². The molecule has 0 bridgehead atoms. The molecule has 14 heavy (non-hydrogen) atoms. The van der Waals surface area contributed by atoms with Crippen molar-refractivity contribution in [3.8, 4) is 0 Å². The number of rotatable bonds is 1. The van der Waals surface area contributed by atoms with Crippen LogP contribution in [0.5, 0.6) is 0 Å². The fraction of sp³-hybridized carbons (Fsp3) is 0.571. The Balaban J connectivity index is 2.48.